The SMILES string of the molecule is C=C(OCCC1CCCCC1)/C(C)=C/C(=C\CC(=O)CCCC1CCCCC1)S(O)(O)OC. The highest BCUT2D eigenvalue weighted by Gasteiger charge is 2.22. The molecule has 5 nitrogen and oxygen atoms in total. The molecule has 190 valence electrons. The molecule has 2 aliphatic carbocycles. The smallest absolute Gasteiger partial charge is 0.136 e. The lowest BCUT2D eigenvalue weighted by atomic mass is 9.85. The zero-order chi connectivity index (χ0) is 24.1. The van der Waals surface area contributed by atoms with Gasteiger partial charge in [0.25, 0.3) is 0 Å². The highest BCUT2D eigenvalue weighted by molar-refractivity contribution is 8.23. The molecule has 0 aliphatic heterocycles. The lowest BCUT2D eigenvalue weighted by Crippen LogP contribution is -2.09. The van der Waals surface area contributed by atoms with Crippen LogP contribution in [0.2, 0.25) is 0 Å². The van der Waals surface area contributed by atoms with Crippen molar-refractivity contribution < 1.29 is 22.8 Å². The summed E-state index contributed by atoms with van der Waals surface area (Å²) < 4.78 is 31.5. The minimum absolute atomic E-state index is 0.114. The number of Topliss-reactive ketones (excluding diaryl/α,β-unsaturated/α-hetero) is 1. The molecule has 2 N–H and O–H groups in total. The second kappa shape index (κ2) is 15.0. The Morgan fingerprint density at radius 1 is 1.00 bits per heavy atom. The fraction of sp³-hybridized carbons (Fsp3) is 0.741. The molecule has 33 heavy (non-hydrogen) atoms. The Kier molecular flexibility index (Phi) is 12.8. The molecule has 0 aromatic rings. The average molecular weight is 483 g/mol. The summed E-state index contributed by atoms with van der Waals surface area (Å²) in [6.45, 7) is 6.44. The third-order valence-electron chi connectivity index (χ3n) is 7.19. The van der Waals surface area contributed by atoms with Gasteiger partial charge in [0, 0.05) is 12.8 Å². The molecule has 0 bridgehead atoms. The standard InChI is InChI=1S/C27H46O5S/c1-22(23(2)32-20-19-25-13-8-5-9-14-25)21-27(33(29,30)31-3)18-17-26(28)16-10-15-24-11-6-4-7-12-24/h18,21,24-25,29-30H,2,4-17,19-20H2,1,3H3/b22-21+,27-18+. The Bertz CT molecular complexity index is 670. The number of hydrogen-bond acceptors (Lipinski definition) is 5. The van der Waals surface area contributed by atoms with Gasteiger partial charge in [-0.25, -0.2) is 0 Å². The molecule has 2 aliphatic rings. The topological polar surface area (TPSA) is 76.0 Å². The molecule has 6 heteroatoms. The number of carbonyl (C=O) groups excluding carboxylic acids is 1. The van der Waals surface area contributed by atoms with E-state index in [4.69, 9.17) is 8.92 Å². The maximum Gasteiger partial charge on any atom is 0.136 e. The Morgan fingerprint density at radius 2 is 1.58 bits per heavy atom. The van der Waals surface area contributed by atoms with Gasteiger partial charge in [-0.3, -0.25) is 8.98 Å². The van der Waals surface area contributed by atoms with Gasteiger partial charge in [-0.15, -0.1) is 0 Å². The van der Waals surface area contributed by atoms with Gasteiger partial charge >= 0.3 is 0 Å². The van der Waals surface area contributed by atoms with E-state index in [2.05, 4.69) is 6.58 Å². The minimum Gasteiger partial charge on any atom is -0.494 e. The van der Waals surface area contributed by atoms with Crippen molar-refractivity contribution in [3.05, 3.63) is 35.0 Å². The van der Waals surface area contributed by atoms with E-state index in [9.17, 15) is 13.9 Å². The van der Waals surface area contributed by atoms with Crippen molar-refractivity contribution >= 4 is 16.7 Å². The van der Waals surface area contributed by atoms with Crippen molar-refractivity contribution in [3.8, 4) is 0 Å². The zero-order valence-electron chi connectivity index (χ0n) is 20.9. The van der Waals surface area contributed by atoms with Crippen LogP contribution < -0.4 is 0 Å². The van der Waals surface area contributed by atoms with Crippen LogP contribution in [-0.4, -0.2) is 28.6 Å². The molecule has 2 saturated carbocycles. The molecule has 0 spiro atoms. The van der Waals surface area contributed by atoms with E-state index in [-0.39, 0.29) is 17.1 Å². The van der Waals surface area contributed by atoms with Crippen LogP contribution in [0.4, 0.5) is 0 Å². The first-order valence-electron chi connectivity index (χ1n) is 12.9. The number of hydrogen-bond donors (Lipinski definition) is 2. The van der Waals surface area contributed by atoms with Gasteiger partial charge in [0.15, 0.2) is 0 Å². The number of rotatable bonds is 14. The molecular formula is C27H46O5S. The Balaban J connectivity index is 1.85. The van der Waals surface area contributed by atoms with Gasteiger partial charge in [0.1, 0.15) is 22.4 Å². The molecule has 0 atom stereocenters. The highest BCUT2D eigenvalue weighted by Crippen LogP contribution is 2.49. The quantitative estimate of drug-likeness (QED) is 0.192. The van der Waals surface area contributed by atoms with E-state index in [1.165, 1.54) is 71.3 Å². The number of ketones is 1. The molecule has 0 unspecified atom stereocenters. The van der Waals surface area contributed by atoms with Gasteiger partial charge in [-0.1, -0.05) is 83.3 Å². The van der Waals surface area contributed by atoms with Crippen molar-refractivity contribution in [2.45, 2.75) is 103 Å². The van der Waals surface area contributed by atoms with Crippen molar-refractivity contribution in [1.29, 1.82) is 0 Å². The van der Waals surface area contributed by atoms with E-state index in [1.54, 1.807) is 12.2 Å². The zero-order valence-corrected chi connectivity index (χ0v) is 21.7. The predicted molar refractivity (Wildman–Crippen MR) is 138 cm³/mol. The lowest BCUT2D eigenvalue weighted by Gasteiger charge is -2.26. The van der Waals surface area contributed by atoms with Crippen LogP contribution >= 0.6 is 10.9 Å². The Hall–Kier alpha value is -1.08. The van der Waals surface area contributed by atoms with Gasteiger partial charge < -0.3 is 13.8 Å². The van der Waals surface area contributed by atoms with Crippen molar-refractivity contribution in [2.24, 2.45) is 11.8 Å². The third kappa shape index (κ3) is 10.8. The number of allylic oxidation sites excluding steroid dienone is 3. The van der Waals surface area contributed by atoms with Crippen molar-refractivity contribution in [3.63, 3.8) is 0 Å². The molecule has 0 saturated heterocycles. The molecule has 0 amide bonds. The van der Waals surface area contributed by atoms with Crippen LogP contribution in [0.1, 0.15) is 103 Å². The maximum absolute atomic E-state index is 12.4. The fourth-order valence-electron chi connectivity index (χ4n) is 4.95. The predicted octanol–water partition coefficient (Wildman–Crippen LogP) is 8.34. The van der Waals surface area contributed by atoms with Gasteiger partial charge in [-0.2, -0.15) is 0 Å². The van der Waals surface area contributed by atoms with E-state index in [0.29, 0.717) is 24.4 Å². The van der Waals surface area contributed by atoms with Crippen LogP contribution in [0, 0.1) is 11.8 Å². The summed E-state index contributed by atoms with van der Waals surface area (Å²) in [7, 11) is -2.17. The van der Waals surface area contributed by atoms with Crippen LogP contribution in [0.5, 0.6) is 0 Å². The maximum atomic E-state index is 12.4. The van der Waals surface area contributed by atoms with Crippen LogP contribution in [-0.2, 0) is 13.7 Å². The number of ether oxygens (including phenoxy) is 1. The lowest BCUT2D eigenvalue weighted by molar-refractivity contribution is -0.118. The summed E-state index contributed by atoms with van der Waals surface area (Å²) in [5, 5.41) is 0. The van der Waals surface area contributed by atoms with Gasteiger partial charge in [-0.05, 0) is 43.3 Å². The molecule has 2 fully saturated rings. The summed E-state index contributed by atoms with van der Waals surface area (Å²) in [6.07, 6.45) is 20.1. The first kappa shape index (κ1) is 28.2. The minimum atomic E-state index is -3.42. The molecule has 0 aromatic heterocycles. The summed E-state index contributed by atoms with van der Waals surface area (Å²) in [5.41, 5.74) is 0.701. The van der Waals surface area contributed by atoms with E-state index < -0.39 is 10.9 Å². The van der Waals surface area contributed by atoms with Crippen LogP contribution in [0.15, 0.2) is 35.0 Å². The largest absolute Gasteiger partial charge is 0.494 e. The highest BCUT2D eigenvalue weighted by atomic mass is 32.3. The Morgan fingerprint density at radius 3 is 2.15 bits per heavy atom. The summed E-state index contributed by atoms with van der Waals surface area (Å²) in [6, 6.07) is 0. The third-order valence-corrected chi connectivity index (χ3v) is 8.55. The van der Waals surface area contributed by atoms with E-state index >= 15 is 0 Å². The number of carbonyl (C=O) groups is 1. The van der Waals surface area contributed by atoms with E-state index in [0.717, 1.165) is 31.1 Å². The second-order valence-electron chi connectivity index (χ2n) is 9.80. The molecule has 0 heterocycles. The normalized spacial score (nSPS) is 20.0. The van der Waals surface area contributed by atoms with Crippen LogP contribution in [0.3, 0.4) is 0 Å². The van der Waals surface area contributed by atoms with E-state index in [1.807, 2.05) is 6.92 Å². The molecule has 0 radical (unpaired) electrons. The fourth-order valence-corrected chi connectivity index (χ4v) is 5.78. The molecule has 0 aromatic carbocycles. The monoisotopic (exact) mass is 482 g/mol. The first-order chi connectivity index (χ1) is 15.8. The molecular weight excluding hydrogens is 436 g/mol. The second-order valence-corrected chi connectivity index (χ2v) is 11.6. The first-order valence-corrected chi connectivity index (χ1v) is 14.3. The summed E-state index contributed by atoms with van der Waals surface area (Å²) in [4.78, 5) is 12.6. The van der Waals surface area contributed by atoms with Gasteiger partial charge in [0.2, 0.25) is 0 Å². The summed E-state index contributed by atoms with van der Waals surface area (Å²) in [5.74, 6) is 2.13. The Labute approximate surface area is 203 Å². The average Bonchev–Trinajstić information content (AvgIpc) is 2.82. The summed E-state index contributed by atoms with van der Waals surface area (Å²) >= 11 is 0. The van der Waals surface area contributed by atoms with Gasteiger partial charge in [0.05, 0.1) is 18.6 Å². The van der Waals surface area contributed by atoms with Crippen molar-refractivity contribution in [1.82, 2.24) is 0 Å². The molecule has 2 rings (SSSR count). The van der Waals surface area contributed by atoms with Crippen LogP contribution in [0.25, 0.3) is 0 Å². The van der Waals surface area contributed by atoms with Crippen molar-refractivity contribution in [2.75, 3.05) is 13.7 Å².